The van der Waals surface area contributed by atoms with Crippen LogP contribution >= 0.6 is 0 Å². The molecule has 1 aliphatic heterocycles. The van der Waals surface area contributed by atoms with Crippen LogP contribution in [0.15, 0.2) is 30.8 Å². The highest BCUT2D eigenvalue weighted by Gasteiger charge is 2.34. The Labute approximate surface area is 126 Å². The smallest absolute Gasteiger partial charge is 0.407 e. The number of carbonyl (C=O) groups is 1. The molecule has 0 bridgehead atoms. The highest BCUT2D eigenvalue weighted by atomic mass is 16.6. The van der Waals surface area contributed by atoms with Gasteiger partial charge in [0.2, 0.25) is 0 Å². The second-order valence-electron chi connectivity index (χ2n) is 5.26. The third-order valence-corrected chi connectivity index (χ3v) is 3.51. The van der Waals surface area contributed by atoms with Gasteiger partial charge in [0, 0.05) is 0 Å². The molecule has 4 heteroatoms. The molecule has 1 aromatic rings. The number of rotatable bonds is 8. The van der Waals surface area contributed by atoms with E-state index >= 15 is 0 Å². The molecule has 1 amide bonds. The largest absolute Gasteiger partial charge is 0.450 e. The molecule has 0 aromatic heterocycles. The number of amides is 1. The molecule has 0 spiro atoms. The quantitative estimate of drug-likeness (QED) is 0.591. The summed E-state index contributed by atoms with van der Waals surface area (Å²) < 4.78 is 10.5. The van der Waals surface area contributed by atoms with Crippen molar-refractivity contribution in [1.29, 1.82) is 0 Å². The number of nitrogens with one attached hydrogen (secondary N) is 1. The van der Waals surface area contributed by atoms with E-state index in [1.165, 1.54) is 0 Å². The Morgan fingerprint density at radius 2 is 2.24 bits per heavy atom. The molecule has 1 heterocycles. The summed E-state index contributed by atoms with van der Waals surface area (Å²) in [4.78, 5) is 11.7. The molecule has 21 heavy (non-hydrogen) atoms. The van der Waals surface area contributed by atoms with Gasteiger partial charge in [-0.3, -0.25) is 0 Å². The SMILES string of the molecule is C=Cc1ccc(C[C@H](NC(=O)OCCCC)[C@H]2CO2)cc1. The van der Waals surface area contributed by atoms with E-state index in [0.717, 1.165) is 30.4 Å². The monoisotopic (exact) mass is 289 g/mol. The fraction of sp³-hybridized carbons (Fsp3) is 0.471. The molecule has 0 aliphatic carbocycles. The molecule has 1 aromatic carbocycles. The van der Waals surface area contributed by atoms with Gasteiger partial charge in [0.25, 0.3) is 0 Å². The molecule has 2 rings (SSSR count). The Kier molecular flexibility index (Phi) is 5.81. The van der Waals surface area contributed by atoms with Gasteiger partial charge in [0.15, 0.2) is 0 Å². The summed E-state index contributed by atoms with van der Waals surface area (Å²) in [6, 6.07) is 8.11. The normalized spacial score (nSPS) is 17.9. The first-order chi connectivity index (χ1) is 10.2. The fourth-order valence-corrected chi connectivity index (χ4v) is 2.11. The molecule has 0 unspecified atom stereocenters. The molecule has 0 saturated carbocycles. The van der Waals surface area contributed by atoms with Gasteiger partial charge in [-0.2, -0.15) is 0 Å². The minimum absolute atomic E-state index is 0.0336. The predicted octanol–water partition coefficient (Wildman–Crippen LogP) is 3.17. The Morgan fingerprint density at radius 3 is 2.81 bits per heavy atom. The molecular weight excluding hydrogens is 266 g/mol. The lowest BCUT2D eigenvalue weighted by atomic mass is 10.0. The Balaban J connectivity index is 1.86. The Morgan fingerprint density at radius 1 is 1.52 bits per heavy atom. The van der Waals surface area contributed by atoms with Crippen molar-refractivity contribution < 1.29 is 14.3 Å². The molecule has 1 saturated heterocycles. The highest BCUT2D eigenvalue weighted by Crippen LogP contribution is 2.19. The summed E-state index contributed by atoms with van der Waals surface area (Å²) in [6.07, 6.45) is 4.20. The molecule has 1 N–H and O–H groups in total. The molecule has 2 atom stereocenters. The maximum atomic E-state index is 11.7. The van der Waals surface area contributed by atoms with Gasteiger partial charge in [-0.25, -0.2) is 4.79 Å². The van der Waals surface area contributed by atoms with Gasteiger partial charge >= 0.3 is 6.09 Å². The van der Waals surface area contributed by atoms with E-state index in [4.69, 9.17) is 9.47 Å². The molecule has 114 valence electrons. The van der Waals surface area contributed by atoms with Gasteiger partial charge in [-0.15, -0.1) is 0 Å². The van der Waals surface area contributed by atoms with E-state index in [1.54, 1.807) is 0 Å². The summed E-state index contributed by atoms with van der Waals surface area (Å²) in [6.45, 7) is 6.97. The topological polar surface area (TPSA) is 50.9 Å². The van der Waals surface area contributed by atoms with E-state index in [9.17, 15) is 4.79 Å². The molecule has 0 radical (unpaired) electrons. The first-order valence-corrected chi connectivity index (χ1v) is 7.49. The van der Waals surface area contributed by atoms with E-state index in [0.29, 0.717) is 13.2 Å². The van der Waals surface area contributed by atoms with Gasteiger partial charge < -0.3 is 14.8 Å². The zero-order valence-corrected chi connectivity index (χ0v) is 12.5. The molecular formula is C17H23NO3. The van der Waals surface area contributed by atoms with Crippen molar-refractivity contribution in [3.8, 4) is 0 Å². The number of alkyl carbamates (subject to hydrolysis) is 1. The summed E-state index contributed by atoms with van der Waals surface area (Å²) in [5.74, 6) is 0. The Bertz CT molecular complexity index is 465. The number of benzene rings is 1. The van der Waals surface area contributed by atoms with Crippen molar-refractivity contribution in [2.75, 3.05) is 13.2 Å². The summed E-state index contributed by atoms with van der Waals surface area (Å²) in [5.41, 5.74) is 2.25. The van der Waals surface area contributed by atoms with Crippen LogP contribution in [0, 0.1) is 0 Å². The van der Waals surface area contributed by atoms with Crippen LogP contribution in [0.1, 0.15) is 30.9 Å². The van der Waals surface area contributed by atoms with E-state index in [1.807, 2.05) is 18.2 Å². The Hall–Kier alpha value is -1.81. The lowest BCUT2D eigenvalue weighted by Crippen LogP contribution is -2.40. The van der Waals surface area contributed by atoms with Crippen molar-refractivity contribution >= 4 is 12.2 Å². The minimum Gasteiger partial charge on any atom is -0.450 e. The van der Waals surface area contributed by atoms with Crippen molar-refractivity contribution in [3.05, 3.63) is 42.0 Å². The van der Waals surface area contributed by atoms with Crippen LogP contribution < -0.4 is 5.32 Å². The van der Waals surface area contributed by atoms with Crippen LogP contribution in [0.4, 0.5) is 4.79 Å². The second kappa shape index (κ2) is 7.84. The number of epoxide rings is 1. The molecule has 4 nitrogen and oxygen atoms in total. The van der Waals surface area contributed by atoms with Crippen LogP contribution in [0.5, 0.6) is 0 Å². The van der Waals surface area contributed by atoms with Crippen LogP contribution in [-0.2, 0) is 15.9 Å². The van der Waals surface area contributed by atoms with E-state index in [-0.39, 0.29) is 18.2 Å². The van der Waals surface area contributed by atoms with Crippen molar-refractivity contribution in [2.45, 2.75) is 38.3 Å². The van der Waals surface area contributed by atoms with E-state index < -0.39 is 0 Å². The van der Waals surface area contributed by atoms with Crippen molar-refractivity contribution in [3.63, 3.8) is 0 Å². The van der Waals surface area contributed by atoms with Crippen LogP contribution in [0.25, 0.3) is 6.08 Å². The van der Waals surface area contributed by atoms with Crippen molar-refractivity contribution in [1.82, 2.24) is 5.32 Å². The first kappa shape index (κ1) is 15.6. The first-order valence-electron chi connectivity index (χ1n) is 7.49. The average Bonchev–Trinajstić information content (AvgIpc) is 3.32. The number of hydrogen-bond acceptors (Lipinski definition) is 3. The number of ether oxygens (including phenoxy) is 2. The van der Waals surface area contributed by atoms with Gasteiger partial charge in [-0.1, -0.05) is 50.3 Å². The number of hydrogen-bond donors (Lipinski definition) is 1. The second-order valence-corrected chi connectivity index (χ2v) is 5.26. The summed E-state index contributed by atoms with van der Waals surface area (Å²) in [5, 5.41) is 2.91. The maximum Gasteiger partial charge on any atom is 0.407 e. The third-order valence-electron chi connectivity index (χ3n) is 3.51. The minimum atomic E-state index is -0.355. The number of carbonyl (C=O) groups excluding carboxylic acids is 1. The summed E-state index contributed by atoms with van der Waals surface area (Å²) in [7, 11) is 0. The lowest BCUT2D eigenvalue weighted by molar-refractivity contribution is 0.138. The summed E-state index contributed by atoms with van der Waals surface area (Å²) >= 11 is 0. The average molecular weight is 289 g/mol. The zero-order chi connectivity index (χ0) is 15.1. The standard InChI is InChI=1S/C17H23NO3/c1-3-5-10-20-17(19)18-15(16-12-21-16)11-14-8-6-13(4-2)7-9-14/h4,6-9,15-16H,2-3,5,10-12H2,1H3,(H,18,19)/t15-,16+/m0/s1. The van der Waals surface area contributed by atoms with Crippen LogP contribution in [0.2, 0.25) is 0 Å². The molecule has 1 fully saturated rings. The number of unbranched alkanes of at least 4 members (excludes halogenated alkanes) is 1. The molecule has 1 aliphatic rings. The predicted molar refractivity (Wildman–Crippen MR) is 83.2 cm³/mol. The van der Waals surface area contributed by atoms with Gasteiger partial charge in [0.05, 0.1) is 19.3 Å². The van der Waals surface area contributed by atoms with E-state index in [2.05, 4.69) is 31.0 Å². The van der Waals surface area contributed by atoms with Crippen LogP contribution in [-0.4, -0.2) is 31.5 Å². The zero-order valence-electron chi connectivity index (χ0n) is 12.5. The lowest BCUT2D eigenvalue weighted by Gasteiger charge is -2.16. The van der Waals surface area contributed by atoms with Crippen molar-refractivity contribution in [2.24, 2.45) is 0 Å². The third kappa shape index (κ3) is 5.23. The highest BCUT2D eigenvalue weighted by molar-refractivity contribution is 5.67. The van der Waals surface area contributed by atoms with Crippen LogP contribution in [0.3, 0.4) is 0 Å². The fourth-order valence-electron chi connectivity index (χ4n) is 2.11. The van der Waals surface area contributed by atoms with Gasteiger partial charge in [0.1, 0.15) is 6.10 Å². The maximum absolute atomic E-state index is 11.7. The van der Waals surface area contributed by atoms with Gasteiger partial charge in [-0.05, 0) is 24.0 Å².